The summed E-state index contributed by atoms with van der Waals surface area (Å²) in [5.74, 6) is 0. The number of rotatable bonds is 2. The molecule has 8 aromatic rings. The highest BCUT2D eigenvalue weighted by Gasteiger charge is 2.11. The third-order valence-corrected chi connectivity index (χ3v) is 7.91. The molecule has 0 spiro atoms. The molecule has 0 radical (unpaired) electrons. The molecule has 4 N–H and O–H groups in total. The van der Waals surface area contributed by atoms with Crippen LogP contribution in [0.3, 0.4) is 0 Å². The third-order valence-electron chi connectivity index (χ3n) is 7.91. The normalized spacial score (nSPS) is 11.0. The highest BCUT2D eigenvalue weighted by Crippen LogP contribution is 2.37. The van der Waals surface area contributed by atoms with E-state index in [4.69, 9.17) is 11.5 Å². The monoisotopic (exact) mass is 538 g/mol. The predicted molar refractivity (Wildman–Crippen MR) is 183 cm³/mol. The summed E-state index contributed by atoms with van der Waals surface area (Å²) in [4.78, 5) is 0. The molecule has 0 fully saturated rings. The Morgan fingerprint density at radius 1 is 0.286 bits per heavy atom. The first-order valence-electron chi connectivity index (χ1n) is 14.2. The van der Waals surface area contributed by atoms with E-state index in [1.54, 1.807) is 0 Å². The van der Waals surface area contributed by atoms with Crippen molar-refractivity contribution in [2.24, 2.45) is 0 Å². The van der Waals surface area contributed by atoms with Crippen molar-refractivity contribution < 1.29 is 0 Å². The fraction of sp³-hybridized carbons (Fsp3) is 0. The zero-order valence-corrected chi connectivity index (χ0v) is 23.2. The van der Waals surface area contributed by atoms with E-state index in [0.717, 1.165) is 28.1 Å². The van der Waals surface area contributed by atoms with E-state index in [9.17, 15) is 0 Å². The van der Waals surface area contributed by atoms with E-state index in [1.807, 2.05) is 24.3 Å². The van der Waals surface area contributed by atoms with Gasteiger partial charge < -0.3 is 11.5 Å². The van der Waals surface area contributed by atoms with Gasteiger partial charge in [0, 0.05) is 11.4 Å². The summed E-state index contributed by atoms with van der Waals surface area (Å²) in [5.41, 5.74) is 18.1. The number of benzene rings is 8. The van der Waals surface area contributed by atoms with Crippen LogP contribution < -0.4 is 11.5 Å². The molecule has 0 aliphatic carbocycles. The van der Waals surface area contributed by atoms with Crippen LogP contribution >= 0.6 is 0 Å². The lowest BCUT2D eigenvalue weighted by atomic mass is 9.91. The zero-order valence-electron chi connectivity index (χ0n) is 23.2. The lowest BCUT2D eigenvalue weighted by molar-refractivity contribution is 1.59. The standard InChI is InChI=1S/C22H18N2.C18H12/c23-17-10-8-16(9-11-17)20-13-12-18(24)14-22(20)21-7-3-5-15-4-1-2-6-19(15)21;1-2-6-14-10-18-12-16-8-4-3-7-15(16)11-17(18)9-13(14)5-1/h1-14H,23-24H2;1-12H. The van der Waals surface area contributed by atoms with E-state index >= 15 is 0 Å². The maximum absolute atomic E-state index is 6.09. The average Bonchev–Trinajstić information content (AvgIpc) is 3.03. The first kappa shape index (κ1) is 25.4. The minimum absolute atomic E-state index is 0.761. The molecule has 0 saturated carbocycles. The van der Waals surface area contributed by atoms with Gasteiger partial charge in [-0.15, -0.1) is 0 Å². The second kappa shape index (κ2) is 10.8. The fourth-order valence-electron chi connectivity index (χ4n) is 5.79. The molecule has 0 aromatic heterocycles. The van der Waals surface area contributed by atoms with Crippen LogP contribution in [0.2, 0.25) is 0 Å². The lowest BCUT2D eigenvalue weighted by Crippen LogP contribution is -1.91. The highest BCUT2D eigenvalue weighted by molar-refractivity contribution is 6.05. The summed E-state index contributed by atoms with van der Waals surface area (Å²) in [6.45, 7) is 0. The van der Waals surface area contributed by atoms with Crippen molar-refractivity contribution in [1.82, 2.24) is 0 Å². The summed E-state index contributed by atoms with van der Waals surface area (Å²) in [5, 5.41) is 10.3. The molecule has 0 amide bonds. The summed E-state index contributed by atoms with van der Waals surface area (Å²) in [6, 6.07) is 55.0. The number of anilines is 2. The van der Waals surface area contributed by atoms with Gasteiger partial charge in [-0.3, -0.25) is 0 Å². The van der Waals surface area contributed by atoms with E-state index in [1.165, 1.54) is 48.7 Å². The molecule has 8 rings (SSSR count). The van der Waals surface area contributed by atoms with Crippen molar-refractivity contribution in [1.29, 1.82) is 0 Å². The number of nitrogens with two attached hydrogens (primary N) is 2. The van der Waals surface area contributed by atoms with E-state index < -0.39 is 0 Å². The molecule has 0 aliphatic rings. The topological polar surface area (TPSA) is 52.0 Å². The van der Waals surface area contributed by atoms with Gasteiger partial charge >= 0.3 is 0 Å². The molecule has 0 unspecified atom stereocenters. The van der Waals surface area contributed by atoms with Gasteiger partial charge in [-0.05, 0) is 114 Å². The van der Waals surface area contributed by atoms with Gasteiger partial charge in [0.15, 0.2) is 0 Å². The first-order valence-corrected chi connectivity index (χ1v) is 14.2. The van der Waals surface area contributed by atoms with Gasteiger partial charge in [-0.1, -0.05) is 109 Å². The number of hydrogen-bond acceptors (Lipinski definition) is 2. The lowest BCUT2D eigenvalue weighted by Gasteiger charge is -2.14. The summed E-state index contributed by atoms with van der Waals surface area (Å²) < 4.78 is 0. The zero-order chi connectivity index (χ0) is 28.5. The fourth-order valence-corrected chi connectivity index (χ4v) is 5.79. The minimum atomic E-state index is 0.761. The maximum Gasteiger partial charge on any atom is 0.0320 e. The molecule has 200 valence electrons. The van der Waals surface area contributed by atoms with Crippen molar-refractivity contribution in [3.05, 3.63) is 158 Å². The minimum Gasteiger partial charge on any atom is -0.399 e. The Balaban J connectivity index is 0.000000142. The first-order chi connectivity index (χ1) is 20.6. The van der Waals surface area contributed by atoms with Gasteiger partial charge in [0.1, 0.15) is 0 Å². The predicted octanol–water partition coefficient (Wildman–Crippen LogP) is 10.5. The molecule has 0 saturated heterocycles. The van der Waals surface area contributed by atoms with Gasteiger partial charge in [0.25, 0.3) is 0 Å². The Hall–Kier alpha value is -5.60. The van der Waals surface area contributed by atoms with Gasteiger partial charge in [-0.2, -0.15) is 0 Å². The largest absolute Gasteiger partial charge is 0.399 e. The molecule has 2 heteroatoms. The van der Waals surface area contributed by atoms with Crippen molar-refractivity contribution in [3.63, 3.8) is 0 Å². The second-order valence-electron chi connectivity index (χ2n) is 10.7. The average molecular weight is 539 g/mol. The molecule has 2 nitrogen and oxygen atoms in total. The summed E-state index contributed by atoms with van der Waals surface area (Å²) in [6.07, 6.45) is 0. The SMILES string of the molecule is Nc1ccc(-c2ccc(N)cc2-c2cccc3ccccc23)cc1.c1ccc2cc3cc4ccccc4cc3cc2c1. The van der Waals surface area contributed by atoms with E-state index in [0.29, 0.717) is 0 Å². The van der Waals surface area contributed by atoms with Crippen molar-refractivity contribution >= 4 is 54.5 Å². The van der Waals surface area contributed by atoms with E-state index in [-0.39, 0.29) is 0 Å². The summed E-state index contributed by atoms with van der Waals surface area (Å²) >= 11 is 0. The van der Waals surface area contributed by atoms with Crippen LogP contribution in [0.5, 0.6) is 0 Å². The van der Waals surface area contributed by atoms with Crippen molar-refractivity contribution in [3.8, 4) is 22.3 Å². The van der Waals surface area contributed by atoms with Crippen molar-refractivity contribution in [2.45, 2.75) is 0 Å². The van der Waals surface area contributed by atoms with Crippen LogP contribution in [-0.4, -0.2) is 0 Å². The molecule has 0 heterocycles. The van der Waals surface area contributed by atoms with Gasteiger partial charge in [-0.25, -0.2) is 0 Å². The van der Waals surface area contributed by atoms with Crippen LogP contribution in [0.1, 0.15) is 0 Å². The van der Waals surface area contributed by atoms with E-state index in [2.05, 4.69) is 133 Å². The Kier molecular flexibility index (Phi) is 6.50. The number of hydrogen-bond donors (Lipinski definition) is 2. The van der Waals surface area contributed by atoms with Crippen molar-refractivity contribution in [2.75, 3.05) is 11.5 Å². The van der Waals surface area contributed by atoms with Crippen LogP contribution in [0, 0.1) is 0 Å². The maximum atomic E-state index is 6.09. The van der Waals surface area contributed by atoms with Crippen LogP contribution in [-0.2, 0) is 0 Å². The molecule has 8 aromatic carbocycles. The smallest absolute Gasteiger partial charge is 0.0320 e. The summed E-state index contributed by atoms with van der Waals surface area (Å²) in [7, 11) is 0. The van der Waals surface area contributed by atoms with Crippen LogP contribution in [0.15, 0.2) is 158 Å². The van der Waals surface area contributed by atoms with Gasteiger partial charge in [0.05, 0.1) is 0 Å². The molecular weight excluding hydrogens is 508 g/mol. The third kappa shape index (κ3) is 4.91. The molecule has 0 aliphatic heterocycles. The molecule has 0 atom stereocenters. The number of fused-ring (bicyclic) bond motifs is 4. The Labute approximate surface area is 245 Å². The van der Waals surface area contributed by atoms with Crippen LogP contribution in [0.25, 0.3) is 65.3 Å². The van der Waals surface area contributed by atoms with Gasteiger partial charge in [0.2, 0.25) is 0 Å². The Morgan fingerprint density at radius 2 is 0.762 bits per heavy atom. The Bertz CT molecular complexity index is 2060. The molecular formula is C40H30N2. The molecule has 42 heavy (non-hydrogen) atoms. The van der Waals surface area contributed by atoms with Crippen LogP contribution in [0.4, 0.5) is 11.4 Å². The highest BCUT2D eigenvalue weighted by atomic mass is 14.5. The second-order valence-corrected chi connectivity index (χ2v) is 10.7. The quantitative estimate of drug-likeness (QED) is 0.170. The molecule has 0 bridgehead atoms. The Morgan fingerprint density at radius 3 is 1.33 bits per heavy atom. The number of nitrogen functional groups attached to an aromatic ring is 2.